The summed E-state index contributed by atoms with van der Waals surface area (Å²) >= 11 is 0. The van der Waals surface area contributed by atoms with Crippen LogP contribution >= 0.6 is 0 Å². The quantitative estimate of drug-likeness (QED) is 0.838. The van der Waals surface area contributed by atoms with Crippen LogP contribution in [0.1, 0.15) is 47.5 Å². The number of halogens is 1. The lowest BCUT2D eigenvalue weighted by Gasteiger charge is -2.16. The Bertz CT molecular complexity index is 877. The van der Waals surface area contributed by atoms with E-state index in [1.54, 1.807) is 0 Å². The number of benzene rings is 1. The fourth-order valence-corrected chi connectivity index (χ4v) is 5.09. The molecule has 1 saturated heterocycles. The number of hydrogen-bond acceptors (Lipinski definition) is 4. The number of alkyl halides is 1. The number of nitrogens with one attached hydrogen (secondary N) is 1. The van der Waals surface area contributed by atoms with Crippen molar-refractivity contribution in [1.82, 2.24) is 19.5 Å². The number of aromatic amines is 1. The molecule has 1 N–H and O–H groups in total. The lowest BCUT2D eigenvalue weighted by molar-refractivity contribution is 0.346. The topological polar surface area (TPSA) is 79.0 Å². The Labute approximate surface area is 152 Å². The van der Waals surface area contributed by atoms with Gasteiger partial charge in [-0.15, -0.1) is 0 Å². The van der Waals surface area contributed by atoms with E-state index in [0.717, 1.165) is 29.8 Å². The molecule has 2 aliphatic rings. The molecule has 1 saturated carbocycles. The van der Waals surface area contributed by atoms with E-state index in [1.165, 1.54) is 4.31 Å². The van der Waals surface area contributed by atoms with E-state index in [0.29, 0.717) is 11.7 Å². The van der Waals surface area contributed by atoms with E-state index < -0.39 is 16.7 Å². The van der Waals surface area contributed by atoms with Crippen molar-refractivity contribution in [2.45, 2.75) is 37.4 Å². The second-order valence-corrected chi connectivity index (χ2v) is 9.40. The van der Waals surface area contributed by atoms with Gasteiger partial charge in [-0.3, -0.25) is 9.49 Å². The Morgan fingerprint density at radius 3 is 2.62 bits per heavy atom. The molecule has 8 heteroatoms. The number of aromatic nitrogens is 3. The molecule has 2 heterocycles. The third kappa shape index (κ3) is 3.53. The lowest BCUT2D eigenvalue weighted by Crippen LogP contribution is -2.30. The SMILES string of the molecule is Cc1ccc(CS(=O)(=O)N2C[C@@H](CF)[C@H](c3nc(C4CC4)n[nH]3)C2)cc1. The summed E-state index contributed by atoms with van der Waals surface area (Å²) < 4.78 is 40.6. The molecule has 0 radical (unpaired) electrons. The van der Waals surface area contributed by atoms with Crippen LogP contribution in [0.25, 0.3) is 0 Å². The molecule has 0 amide bonds. The fourth-order valence-electron chi connectivity index (χ4n) is 3.49. The summed E-state index contributed by atoms with van der Waals surface area (Å²) in [5.41, 5.74) is 1.83. The van der Waals surface area contributed by atoms with Gasteiger partial charge in [0, 0.05) is 30.8 Å². The van der Waals surface area contributed by atoms with Gasteiger partial charge in [-0.25, -0.2) is 17.7 Å². The highest BCUT2D eigenvalue weighted by molar-refractivity contribution is 7.88. The van der Waals surface area contributed by atoms with Gasteiger partial charge in [0.25, 0.3) is 0 Å². The number of H-pyrrole nitrogens is 1. The Morgan fingerprint density at radius 1 is 1.23 bits per heavy atom. The van der Waals surface area contributed by atoms with Gasteiger partial charge < -0.3 is 0 Å². The molecule has 2 aromatic rings. The Balaban J connectivity index is 1.50. The van der Waals surface area contributed by atoms with Gasteiger partial charge in [0.15, 0.2) is 5.82 Å². The van der Waals surface area contributed by atoms with Crippen molar-refractivity contribution in [2.75, 3.05) is 19.8 Å². The fraction of sp³-hybridized carbons (Fsp3) is 0.556. The molecule has 1 aliphatic heterocycles. The first-order valence-electron chi connectivity index (χ1n) is 8.98. The van der Waals surface area contributed by atoms with Crippen LogP contribution in [-0.2, 0) is 15.8 Å². The maximum Gasteiger partial charge on any atom is 0.218 e. The normalized spacial score (nSPS) is 24.2. The third-order valence-corrected chi connectivity index (χ3v) is 7.07. The Morgan fingerprint density at radius 2 is 1.96 bits per heavy atom. The Hall–Kier alpha value is -1.80. The van der Waals surface area contributed by atoms with Crippen molar-refractivity contribution in [1.29, 1.82) is 0 Å². The summed E-state index contributed by atoms with van der Waals surface area (Å²) in [6.45, 7) is 1.83. The number of rotatable bonds is 6. The molecule has 2 atom stereocenters. The predicted molar refractivity (Wildman–Crippen MR) is 95.9 cm³/mol. The maximum atomic E-state index is 13.6. The standard InChI is InChI=1S/C18H23FN4O2S/c1-12-2-4-13(5-3-12)11-26(24,25)23-9-15(8-19)16(10-23)18-20-17(21-22-18)14-6-7-14/h2-5,14-16H,6-11H2,1H3,(H,20,21,22)/t15-,16-/m1/s1. The average molecular weight is 378 g/mol. The van der Waals surface area contributed by atoms with Crippen molar-refractivity contribution < 1.29 is 12.8 Å². The number of hydrogen-bond donors (Lipinski definition) is 1. The van der Waals surface area contributed by atoms with Crippen LogP contribution in [0.4, 0.5) is 4.39 Å². The van der Waals surface area contributed by atoms with Gasteiger partial charge in [-0.1, -0.05) is 29.8 Å². The minimum Gasteiger partial charge on any atom is -0.263 e. The molecule has 0 bridgehead atoms. The van der Waals surface area contributed by atoms with Crippen molar-refractivity contribution in [3.8, 4) is 0 Å². The van der Waals surface area contributed by atoms with Gasteiger partial charge in [-0.05, 0) is 25.3 Å². The molecule has 0 unspecified atom stereocenters. The molecular formula is C18H23FN4O2S. The van der Waals surface area contributed by atoms with Crippen molar-refractivity contribution in [3.63, 3.8) is 0 Å². The van der Waals surface area contributed by atoms with Crippen LogP contribution in [0, 0.1) is 12.8 Å². The number of aryl methyl sites for hydroxylation is 1. The summed E-state index contributed by atoms with van der Waals surface area (Å²) in [5.74, 6) is 1.08. The Kier molecular flexibility index (Phi) is 4.56. The van der Waals surface area contributed by atoms with Crippen molar-refractivity contribution >= 4 is 10.0 Å². The minimum atomic E-state index is -3.50. The van der Waals surface area contributed by atoms with Gasteiger partial charge in [0.1, 0.15) is 5.82 Å². The van der Waals surface area contributed by atoms with Gasteiger partial charge in [0.05, 0.1) is 12.4 Å². The molecule has 1 aromatic carbocycles. The molecule has 140 valence electrons. The highest BCUT2D eigenvalue weighted by atomic mass is 32.2. The van der Waals surface area contributed by atoms with E-state index in [9.17, 15) is 12.8 Å². The largest absolute Gasteiger partial charge is 0.263 e. The van der Waals surface area contributed by atoms with Gasteiger partial charge in [-0.2, -0.15) is 5.10 Å². The van der Waals surface area contributed by atoms with Crippen LogP contribution < -0.4 is 0 Å². The molecule has 4 rings (SSSR count). The van der Waals surface area contributed by atoms with Crippen LogP contribution in [0.3, 0.4) is 0 Å². The average Bonchev–Trinajstić information content (AvgIpc) is 3.18. The first kappa shape index (κ1) is 17.6. The number of sulfonamides is 1. The summed E-state index contributed by atoms with van der Waals surface area (Å²) in [7, 11) is -3.50. The van der Waals surface area contributed by atoms with E-state index >= 15 is 0 Å². The van der Waals surface area contributed by atoms with Crippen LogP contribution in [0.5, 0.6) is 0 Å². The van der Waals surface area contributed by atoms with E-state index in [1.807, 2.05) is 31.2 Å². The molecule has 1 aromatic heterocycles. The zero-order chi connectivity index (χ0) is 18.3. The second kappa shape index (κ2) is 6.74. The minimum absolute atomic E-state index is 0.0667. The van der Waals surface area contributed by atoms with E-state index in [2.05, 4.69) is 15.2 Å². The monoisotopic (exact) mass is 378 g/mol. The molecule has 1 aliphatic carbocycles. The zero-order valence-corrected chi connectivity index (χ0v) is 15.5. The highest BCUT2D eigenvalue weighted by Gasteiger charge is 2.41. The molecule has 6 nitrogen and oxygen atoms in total. The second-order valence-electron chi connectivity index (χ2n) is 7.43. The molecule has 26 heavy (non-hydrogen) atoms. The van der Waals surface area contributed by atoms with Crippen LogP contribution in [0.2, 0.25) is 0 Å². The first-order valence-corrected chi connectivity index (χ1v) is 10.6. The van der Waals surface area contributed by atoms with E-state index in [-0.39, 0.29) is 30.7 Å². The summed E-state index contributed by atoms with van der Waals surface area (Å²) in [4.78, 5) is 4.51. The van der Waals surface area contributed by atoms with Crippen molar-refractivity contribution in [2.24, 2.45) is 5.92 Å². The molecule has 0 spiro atoms. The predicted octanol–water partition coefficient (Wildman–Crippen LogP) is 2.51. The van der Waals surface area contributed by atoms with Gasteiger partial charge in [0.2, 0.25) is 10.0 Å². The van der Waals surface area contributed by atoms with Crippen LogP contribution in [-0.4, -0.2) is 47.7 Å². The maximum absolute atomic E-state index is 13.6. The van der Waals surface area contributed by atoms with E-state index in [4.69, 9.17) is 0 Å². The summed E-state index contributed by atoms with van der Waals surface area (Å²) in [6, 6.07) is 7.45. The first-order chi connectivity index (χ1) is 12.5. The number of nitrogens with zero attached hydrogens (tertiary/aromatic N) is 3. The highest BCUT2D eigenvalue weighted by Crippen LogP contribution is 2.39. The zero-order valence-electron chi connectivity index (χ0n) is 14.7. The molecule has 2 fully saturated rings. The summed E-state index contributed by atoms with van der Waals surface area (Å²) in [6.07, 6.45) is 2.18. The molecular weight excluding hydrogens is 355 g/mol. The lowest BCUT2D eigenvalue weighted by atomic mass is 9.97. The van der Waals surface area contributed by atoms with Crippen molar-refractivity contribution in [3.05, 3.63) is 47.0 Å². The smallest absolute Gasteiger partial charge is 0.218 e. The van der Waals surface area contributed by atoms with Crippen LogP contribution in [0.15, 0.2) is 24.3 Å². The summed E-state index contributed by atoms with van der Waals surface area (Å²) in [5, 5.41) is 7.14. The van der Waals surface area contributed by atoms with Gasteiger partial charge >= 0.3 is 0 Å². The third-order valence-electron chi connectivity index (χ3n) is 5.28.